The van der Waals surface area contributed by atoms with Crippen LogP contribution in [-0.4, -0.2) is 32.1 Å². The van der Waals surface area contributed by atoms with Gasteiger partial charge in [-0.1, -0.05) is 48.0 Å². The van der Waals surface area contributed by atoms with Crippen molar-refractivity contribution in [2.45, 2.75) is 26.7 Å². The lowest BCUT2D eigenvalue weighted by Crippen LogP contribution is -2.25. The van der Waals surface area contributed by atoms with Gasteiger partial charge in [0.15, 0.2) is 0 Å². The monoisotopic (exact) mass is 608 g/mol. The zero-order valence-corrected chi connectivity index (χ0v) is 25.0. The number of esters is 1. The van der Waals surface area contributed by atoms with Gasteiger partial charge in [0.25, 0.3) is 11.1 Å². The molecule has 3 aromatic carbocycles. The first-order chi connectivity index (χ1) is 21.3. The quantitative estimate of drug-likeness (QED) is 0.191. The number of ether oxygens (including phenoxy) is 1. The van der Waals surface area contributed by atoms with Gasteiger partial charge in [-0.25, -0.2) is 14.2 Å². The Bertz CT molecular complexity index is 1990. The summed E-state index contributed by atoms with van der Waals surface area (Å²) in [6.07, 6.45) is 0. The minimum atomic E-state index is -0.858. The second-order valence-electron chi connectivity index (χ2n) is 10.3. The van der Waals surface area contributed by atoms with Crippen molar-refractivity contribution in [3.63, 3.8) is 0 Å². The van der Waals surface area contributed by atoms with E-state index < -0.39 is 11.9 Å². The third-order valence-electron chi connectivity index (χ3n) is 7.50. The molecular weight excluding hydrogens is 580 g/mol. The summed E-state index contributed by atoms with van der Waals surface area (Å²) in [5.41, 5.74) is 3.42. The summed E-state index contributed by atoms with van der Waals surface area (Å²) in [4.78, 5) is 40.7. The van der Waals surface area contributed by atoms with Gasteiger partial charge in [-0.3, -0.25) is 19.8 Å². The molecule has 0 aliphatic carbocycles. The zero-order valence-electron chi connectivity index (χ0n) is 24.3. The van der Waals surface area contributed by atoms with Crippen molar-refractivity contribution in [1.82, 2.24) is 19.6 Å². The van der Waals surface area contributed by atoms with Crippen LogP contribution < -0.4 is 11.1 Å². The Labute approximate surface area is 257 Å². The molecule has 6 aromatic rings. The first-order valence-electron chi connectivity index (χ1n) is 14.1. The molecule has 0 bridgehead atoms. The summed E-state index contributed by atoms with van der Waals surface area (Å²) >= 11 is 6.29. The minimum absolute atomic E-state index is 0.207. The second kappa shape index (κ2) is 11.8. The molecule has 0 atom stereocenters. The molecule has 0 saturated heterocycles. The Kier molecular flexibility index (Phi) is 7.71. The van der Waals surface area contributed by atoms with E-state index in [0.717, 1.165) is 0 Å². The van der Waals surface area contributed by atoms with Crippen molar-refractivity contribution in [1.29, 1.82) is 0 Å². The molecule has 0 radical (unpaired) electrons. The highest BCUT2D eigenvalue weighted by Crippen LogP contribution is 2.36. The molecule has 3 heterocycles. The third-order valence-corrected chi connectivity index (χ3v) is 7.83. The van der Waals surface area contributed by atoms with Gasteiger partial charge in [0, 0.05) is 17.0 Å². The number of hydrogen-bond donors (Lipinski definition) is 2. The van der Waals surface area contributed by atoms with Gasteiger partial charge >= 0.3 is 5.97 Å². The smallest absolute Gasteiger partial charge is 0.339 e. The lowest BCUT2D eigenvalue weighted by Gasteiger charge is -2.13. The van der Waals surface area contributed by atoms with E-state index in [0.29, 0.717) is 51.0 Å². The zero-order chi connectivity index (χ0) is 31.0. The van der Waals surface area contributed by atoms with Crippen molar-refractivity contribution >= 4 is 17.6 Å². The van der Waals surface area contributed by atoms with E-state index in [4.69, 9.17) is 20.8 Å². The lowest BCUT2D eigenvalue weighted by molar-refractivity contribution is 0.0526. The summed E-state index contributed by atoms with van der Waals surface area (Å²) in [6, 6.07) is 26.9. The Hall–Kier alpha value is -5.28. The molecule has 222 valence electrons. The second-order valence-corrected chi connectivity index (χ2v) is 10.7. The number of carbonyl (C=O) groups is 1. The molecule has 0 aliphatic rings. The normalized spacial score (nSPS) is 11.3. The number of rotatable bonds is 8. The van der Waals surface area contributed by atoms with Crippen molar-refractivity contribution in [2.24, 2.45) is 0 Å². The van der Waals surface area contributed by atoms with Crippen LogP contribution in [0.15, 0.2) is 105 Å². The van der Waals surface area contributed by atoms with Crippen LogP contribution >= 0.6 is 11.6 Å². The molecule has 0 aliphatic heterocycles. The maximum atomic E-state index is 14.1. The molecule has 0 fully saturated rings. The van der Waals surface area contributed by atoms with E-state index in [1.807, 2.05) is 60.7 Å². The van der Waals surface area contributed by atoms with Crippen LogP contribution in [-0.2, 0) is 4.74 Å². The fourth-order valence-electron chi connectivity index (χ4n) is 5.45. The number of nitrogens with one attached hydrogen (secondary N) is 2. The van der Waals surface area contributed by atoms with Gasteiger partial charge in [-0.05, 0) is 75.4 Å². The number of benzene rings is 3. The molecule has 2 N–H and O–H groups in total. The predicted molar refractivity (Wildman–Crippen MR) is 168 cm³/mol. The van der Waals surface area contributed by atoms with Gasteiger partial charge in [-0.2, -0.15) is 0 Å². The number of halogens is 1. The predicted octanol–water partition coefficient (Wildman–Crippen LogP) is 6.53. The number of aryl methyl sites for hydroxylation is 2. The van der Waals surface area contributed by atoms with Crippen LogP contribution in [0.25, 0.3) is 22.7 Å². The molecule has 0 spiro atoms. The standard InChI is InChI=1S/C34H29ClN4O5/c1-4-43-34(42)25-19-22(15-16-26(25)35)27-17-18-28(44-27)31(29-20(2)36-38(32(29)40)23-11-7-5-8-12-23)30-21(3)37-39(33(30)41)24-13-9-6-10-14-24/h5-19,31,36-37H,4H2,1-3H3. The van der Waals surface area contributed by atoms with E-state index >= 15 is 0 Å². The summed E-state index contributed by atoms with van der Waals surface area (Å²) in [5.74, 6) is -0.590. The van der Waals surface area contributed by atoms with Crippen LogP contribution in [0, 0.1) is 13.8 Å². The molecule has 3 aromatic heterocycles. The van der Waals surface area contributed by atoms with Gasteiger partial charge in [0.1, 0.15) is 11.5 Å². The molecule has 0 saturated carbocycles. The Morgan fingerprint density at radius 1 is 0.818 bits per heavy atom. The van der Waals surface area contributed by atoms with Gasteiger partial charge in [-0.15, -0.1) is 0 Å². The first-order valence-corrected chi connectivity index (χ1v) is 14.5. The topological polar surface area (TPSA) is 115 Å². The number of aromatic amines is 2. The summed E-state index contributed by atoms with van der Waals surface area (Å²) in [5, 5.41) is 6.62. The van der Waals surface area contributed by atoms with Crippen molar-refractivity contribution in [3.05, 3.63) is 151 Å². The number of nitrogens with zero attached hydrogens (tertiary/aromatic N) is 2. The Morgan fingerprint density at radius 2 is 1.36 bits per heavy atom. The van der Waals surface area contributed by atoms with Gasteiger partial charge in [0.2, 0.25) is 0 Å². The Balaban J connectivity index is 1.54. The van der Waals surface area contributed by atoms with Crippen LogP contribution in [0.1, 0.15) is 51.5 Å². The Morgan fingerprint density at radius 3 is 1.89 bits per heavy atom. The van der Waals surface area contributed by atoms with Crippen LogP contribution in [0.4, 0.5) is 0 Å². The lowest BCUT2D eigenvalue weighted by atomic mass is 9.89. The van der Waals surface area contributed by atoms with Crippen molar-refractivity contribution in [3.8, 4) is 22.7 Å². The molecule has 10 heteroatoms. The van der Waals surface area contributed by atoms with Crippen LogP contribution in [0.5, 0.6) is 0 Å². The average Bonchev–Trinajstić information content (AvgIpc) is 3.72. The van der Waals surface area contributed by atoms with E-state index in [9.17, 15) is 14.4 Å². The van der Waals surface area contributed by atoms with E-state index in [1.165, 1.54) is 9.36 Å². The molecule has 6 rings (SSSR count). The number of carbonyl (C=O) groups excluding carboxylic acids is 1. The van der Waals surface area contributed by atoms with Crippen LogP contribution in [0.2, 0.25) is 5.02 Å². The maximum absolute atomic E-state index is 14.1. The molecule has 0 unspecified atom stereocenters. The number of H-pyrrole nitrogens is 2. The summed E-state index contributed by atoms with van der Waals surface area (Å²) in [6.45, 7) is 5.53. The first kappa shape index (κ1) is 28.8. The largest absolute Gasteiger partial charge is 0.462 e. The van der Waals surface area contributed by atoms with Crippen LogP contribution in [0.3, 0.4) is 0 Å². The van der Waals surface area contributed by atoms with Crippen molar-refractivity contribution < 1.29 is 13.9 Å². The SMILES string of the molecule is CCOC(=O)c1cc(-c2ccc(C(c3c(C)[nH]n(-c4ccccc4)c3=O)c3c(C)[nH]n(-c4ccccc4)c3=O)o2)ccc1Cl. The fourth-order valence-corrected chi connectivity index (χ4v) is 5.65. The van der Waals surface area contributed by atoms with Gasteiger partial charge in [0.05, 0.1) is 45.6 Å². The minimum Gasteiger partial charge on any atom is -0.462 e. The summed E-state index contributed by atoms with van der Waals surface area (Å²) in [7, 11) is 0. The highest BCUT2D eigenvalue weighted by atomic mass is 35.5. The summed E-state index contributed by atoms with van der Waals surface area (Å²) < 4.78 is 14.5. The average molecular weight is 609 g/mol. The maximum Gasteiger partial charge on any atom is 0.339 e. The number of hydrogen-bond acceptors (Lipinski definition) is 5. The van der Waals surface area contributed by atoms with E-state index in [2.05, 4.69) is 10.2 Å². The molecular formula is C34H29ClN4O5. The third kappa shape index (κ3) is 5.11. The number of aromatic nitrogens is 4. The highest BCUT2D eigenvalue weighted by Gasteiger charge is 2.33. The van der Waals surface area contributed by atoms with Gasteiger partial charge < -0.3 is 9.15 Å². The van der Waals surface area contributed by atoms with Crippen molar-refractivity contribution in [2.75, 3.05) is 6.61 Å². The fraction of sp³-hybridized carbons (Fsp3) is 0.147. The molecule has 9 nitrogen and oxygen atoms in total. The number of furan rings is 1. The van der Waals surface area contributed by atoms with E-state index in [1.54, 1.807) is 51.1 Å². The highest BCUT2D eigenvalue weighted by molar-refractivity contribution is 6.33. The molecule has 0 amide bonds. The van der Waals surface area contributed by atoms with E-state index in [-0.39, 0.29) is 28.3 Å². The molecule has 44 heavy (non-hydrogen) atoms. The number of para-hydroxylation sites is 2.